The molecule has 0 saturated carbocycles. The van der Waals surface area contributed by atoms with Gasteiger partial charge in [0.15, 0.2) is 0 Å². The summed E-state index contributed by atoms with van der Waals surface area (Å²) in [6, 6.07) is 0. The van der Waals surface area contributed by atoms with Crippen LogP contribution in [0.5, 0.6) is 0 Å². The second kappa shape index (κ2) is 3.40. The minimum absolute atomic E-state index is 0.248. The molecule has 0 spiro atoms. The van der Waals surface area contributed by atoms with E-state index in [1.807, 2.05) is 5.43 Å². The number of hydrazine groups is 1. The number of nitrogens with two attached hydrogens (primary N) is 1. The summed E-state index contributed by atoms with van der Waals surface area (Å²) in [5.74, 6) is 4.33. The second-order valence-electron chi connectivity index (χ2n) is 2.72. The van der Waals surface area contributed by atoms with E-state index in [-0.39, 0.29) is 18.4 Å². The van der Waals surface area contributed by atoms with Gasteiger partial charge in [0.05, 0.1) is 5.92 Å². The van der Waals surface area contributed by atoms with Crippen molar-refractivity contribution in [3.05, 3.63) is 0 Å². The third kappa shape index (κ3) is 1.65. The van der Waals surface area contributed by atoms with Crippen LogP contribution in [0.15, 0.2) is 0 Å². The molecule has 1 aliphatic rings. The van der Waals surface area contributed by atoms with Crippen LogP contribution in [0.2, 0.25) is 0 Å². The molecule has 2 amide bonds. The van der Waals surface area contributed by atoms with E-state index >= 15 is 0 Å². The monoisotopic (exact) mass is 173 g/mol. The summed E-state index contributed by atoms with van der Waals surface area (Å²) >= 11 is 0. The molecule has 4 N–H and O–H groups in total. The SMILES string of the molecule is NNC(=O)[C@@H]1CCN(C(=O)O)C1. The van der Waals surface area contributed by atoms with Crippen LogP contribution in [0.1, 0.15) is 6.42 Å². The largest absolute Gasteiger partial charge is 0.465 e. The van der Waals surface area contributed by atoms with Crippen LogP contribution in [0, 0.1) is 5.92 Å². The predicted octanol–water partition coefficient (Wildman–Crippen LogP) is -1.02. The Hall–Kier alpha value is -1.30. The van der Waals surface area contributed by atoms with Crippen molar-refractivity contribution in [2.24, 2.45) is 11.8 Å². The van der Waals surface area contributed by atoms with Crippen molar-refractivity contribution in [1.82, 2.24) is 10.3 Å². The second-order valence-corrected chi connectivity index (χ2v) is 2.72. The molecule has 1 rings (SSSR count). The van der Waals surface area contributed by atoms with E-state index in [1.165, 1.54) is 4.90 Å². The van der Waals surface area contributed by atoms with Gasteiger partial charge >= 0.3 is 6.09 Å². The van der Waals surface area contributed by atoms with Crippen LogP contribution in [0.4, 0.5) is 4.79 Å². The quantitative estimate of drug-likeness (QED) is 0.268. The van der Waals surface area contributed by atoms with Gasteiger partial charge in [-0.05, 0) is 6.42 Å². The zero-order valence-corrected chi connectivity index (χ0v) is 6.49. The van der Waals surface area contributed by atoms with Crippen LogP contribution in [-0.4, -0.2) is 35.1 Å². The smallest absolute Gasteiger partial charge is 0.407 e. The van der Waals surface area contributed by atoms with Crippen LogP contribution >= 0.6 is 0 Å². The Balaban J connectivity index is 2.45. The zero-order valence-electron chi connectivity index (χ0n) is 6.49. The van der Waals surface area contributed by atoms with Crippen molar-refractivity contribution in [3.8, 4) is 0 Å². The van der Waals surface area contributed by atoms with Crippen molar-refractivity contribution < 1.29 is 14.7 Å². The highest BCUT2D eigenvalue weighted by atomic mass is 16.4. The minimum Gasteiger partial charge on any atom is -0.465 e. The first-order valence-electron chi connectivity index (χ1n) is 3.63. The third-order valence-electron chi connectivity index (χ3n) is 1.97. The molecule has 1 fully saturated rings. The van der Waals surface area contributed by atoms with Gasteiger partial charge in [-0.3, -0.25) is 10.2 Å². The molecule has 68 valence electrons. The van der Waals surface area contributed by atoms with Gasteiger partial charge in [0.2, 0.25) is 5.91 Å². The Bertz CT molecular complexity index is 206. The van der Waals surface area contributed by atoms with E-state index in [4.69, 9.17) is 10.9 Å². The van der Waals surface area contributed by atoms with Crippen LogP contribution in [-0.2, 0) is 4.79 Å². The normalized spacial score (nSPS) is 22.4. The molecule has 0 aromatic heterocycles. The first-order chi connectivity index (χ1) is 5.65. The first kappa shape index (κ1) is 8.79. The van der Waals surface area contributed by atoms with Crippen molar-refractivity contribution in [2.45, 2.75) is 6.42 Å². The lowest BCUT2D eigenvalue weighted by Crippen LogP contribution is -2.37. The highest BCUT2D eigenvalue weighted by Gasteiger charge is 2.30. The number of amides is 2. The van der Waals surface area contributed by atoms with E-state index in [9.17, 15) is 9.59 Å². The number of hydrogen-bond donors (Lipinski definition) is 3. The fraction of sp³-hybridized carbons (Fsp3) is 0.667. The number of carbonyl (C=O) groups excluding carboxylic acids is 1. The van der Waals surface area contributed by atoms with Crippen molar-refractivity contribution >= 4 is 12.0 Å². The number of nitrogens with one attached hydrogen (secondary N) is 1. The molecule has 0 radical (unpaired) electrons. The topological polar surface area (TPSA) is 95.7 Å². The lowest BCUT2D eigenvalue weighted by atomic mass is 10.1. The van der Waals surface area contributed by atoms with E-state index in [0.29, 0.717) is 13.0 Å². The molecule has 1 atom stereocenters. The average Bonchev–Trinajstić information content (AvgIpc) is 2.51. The molecule has 12 heavy (non-hydrogen) atoms. The van der Waals surface area contributed by atoms with E-state index < -0.39 is 6.09 Å². The number of likely N-dealkylation sites (tertiary alicyclic amines) is 1. The van der Waals surface area contributed by atoms with Gasteiger partial charge in [-0.2, -0.15) is 0 Å². The summed E-state index contributed by atoms with van der Waals surface area (Å²) in [7, 11) is 0. The maximum Gasteiger partial charge on any atom is 0.407 e. The van der Waals surface area contributed by atoms with E-state index in [0.717, 1.165) is 0 Å². The molecule has 0 aliphatic carbocycles. The van der Waals surface area contributed by atoms with Gasteiger partial charge in [0.1, 0.15) is 0 Å². The van der Waals surface area contributed by atoms with Crippen molar-refractivity contribution in [1.29, 1.82) is 0 Å². The first-order valence-corrected chi connectivity index (χ1v) is 3.63. The molecule has 6 heteroatoms. The van der Waals surface area contributed by atoms with Crippen LogP contribution < -0.4 is 11.3 Å². The molecular formula is C6H11N3O3. The van der Waals surface area contributed by atoms with Gasteiger partial charge in [0, 0.05) is 13.1 Å². The summed E-state index contributed by atoms with van der Waals surface area (Å²) in [6.45, 7) is 0.659. The highest BCUT2D eigenvalue weighted by molar-refractivity contribution is 5.79. The van der Waals surface area contributed by atoms with Crippen molar-refractivity contribution in [2.75, 3.05) is 13.1 Å². The molecule has 1 saturated heterocycles. The maximum absolute atomic E-state index is 10.9. The van der Waals surface area contributed by atoms with E-state index in [1.54, 1.807) is 0 Å². The number of carbonyl (C=O) groups is 2. The Kier molecular flexibility index (Phi) is 2.49. The third-order valence-corrected chi connectivity index (χ3v) is 1.97. The summed E-state index contributed by atoms with van der Waals surface area (Å²) < 4.78 is 0. The van der Waals surface area contributed by atoms with Gasteiger partial charge in [-0.25, -0.2) is 10.6 Å². The average molecular weight is 173 g/mol. The predicted molar refractivity (Wildman–Crippen MR) is 40.0 cm³/mol. The summed E-state index contributed by atoms with van der Waals surface area (Å²) in [5.41, 5.74) is 2.01. The fourth-order valence-electron chi connectivity index (χ4n) is 1.27. The molecule has 1 heterocycles. The molecule has 0 aromatic carbocycles. The molecule has 6 nitrogen and oxygen atoms in total. The summed E-state index contributed by atoms with van der Waals surface area (Å²) in [5, 5.41) is 8.55. The lowest BCUT2D eigenvalue weighted by molar-refractivity contribution is -0.124. The Morgan fingerprint density at radius 1 is 1.58 bits per heavy atom. The van der Waals surface area contributed by atoms with Crippen molar-refractivity contribution in [3.63, 3.8) is 0 Å². The summed E-state index contributed by atoms with van der Waals surface area (Å²) in [6.07, 6.45) is -0.433. The maximum atomic E-state index is 10.9. The summed E-state index contributed by atoms with van der Waals surface area (Å²) in [4.78, 5) is 22.6. The zero-order chi connectivity index (χ0) is 9.14. The number of hydrogen-bond acceptors (Lipinski definition) is 3. The van der Waals surface area contributed by atoms with Gasteiger partial charge in [0.25, 0.3) is 0 Å². The molecule has 0 bridgehead atoms. The minimum atomic E-state index is -0.984. The Morgan fingerprint density at radius 2 is 2.25 bits per heavy atom. The standard InChI is InChI=1S/C6H11N3O3/c7-8-5(10)4-1-2-9(3-4)6(11)12/h4H,1-3,7H2,(H,8,10)(H,11,12)/t4-/m1/s1. The van der Waals surface area contributed by atoms with Gasteiger partial charge in [-0.1, -0.05) is 0 Å². The van der Waals surface area contributed by atoms with Crippen LogP contribution in [0.3, 0.4) is 0 Å². The Labute approximate surface area is 69.3 Å². The number of rotatable bonds is 1. The number of nitrogens with zero attached hydrogens (tertiary/aromatic N) is 1. The highest BCUT2D eigenvalue weighted by Crippen LogP contribution is 2.15. The van der Waals surface area contributed by atoms with Gasteiger partial charge < -0.3 is 10.0 Å². The Morgan fingerprint density at radius 3 is 2.67 bits per heavy atom. The molecule has 0 aromatic rings. The molecular weight excluding hydrogens is 162 g/mol. The fourth-order valence-corrected chi connectivity index (χ4v) is 1.27. The molecule has 0 unspecified atom stereocenters. The van der Waals surface area contributed by atoms with Gasteiger partial charge in [-0.15, -0.1) is 0 Å². The lowest BCUT2D eigenvalue weighted by Gasteiger charge is -2.10. The van der Waals surface area contributed by atoms with Crippen LogP contribution in [0.25, 0.3) is 0 Å². The molecule has 1 aliphatic heterocycles. The van der Waals surface area contributed by atoms with E-state index in [2.05, 4.69) is 0 Å². The number of carboxylic acid groups (broad SMARTS) is 1.